The van der Waals surface area contributed by atoms with Crippen LogP contribution in [0.5, 0.6) is 17.2 Å². The summed E-state index contributed by atoms with van der Waals surface area (Å²) in [5.41, 5.74) is 2.39. The number of rotatable bonds is 7. The molecule has 180 valence electrons. The summed E-state index contributed by atoms with van der Waals surface area (Å²) in [6.07, 6.45) is 3.26. The number of likely N-dealkylation sites (tertiary alicyclic amines) is 1. The minimum absolute atomic E-state index is 0.0324. The first kappa shape index (κ1) is 23.8. The fourth-order valence-electron chi connectivity index (χ4n) is 4.29. The zero-order valence-corrected chi connectivity index (χ0v) is 19.9. The van der Waals surface area contributed by atoms with Gasteiger partial charge in [-0.15, -0.1) is 0 Å². The summed E-state index contributed by atoms with van der Waals surface area (Å²) in [7, 11) is 4.59. The number of aryl methyl sites for hydroxylation is 1. The summed E-state index contributed by atoms with van der Waals surface area (Å²) in [5, 5.41) is 11.4. The van der Waals surface area contributed by atoms with Gasteiger partial charge >= 0.3 is 0 Å². The zero-order chi connectivity index (χ0) is 25.1. The molecule has 1 N–H and O–H groups in total. The first-order valence-electron chi connectivity index (χ1n) is 10.9. The van der Waals surface area contributed by atoms with Crippen LogP contribution in [-0.4, -0.2) is 48.0 Å². The number of ketones is 1. The number of hydrogen-bond donors (Lipinski definition) is 1. The summed E-state index contributed by atoms with van der Waals surface area (Å²) in [5.74, 6) is -0.175. The van der Waals surface area contributed by atoms with Crippen LogP contribution in [0.4, 0.5) is 0 Å². The lowest BCUT2D eigenvalue weighted by Gasteiger charge is -2.27. The molecule has 1 unspecified atom stereocenters. The van der Waals surface area contributed by atoms with Crippen LogP contribution in [0.15, 0.2) is 66.5 Å². The number of methoxy groups -OCH3 is 3. The third-order valence-electron chi connectivity index (χ3n) is 6.02. The highest BCUT2D eigenvalue weighted by atomic mass is 16.5. The fraction of sp³-hybridized carbons (Fsp3) is 0.222. The molecule has 0 aliphatic carbocycles. The summed E-state index contributed by atoms with van der Waals surface area (Å²) >= 11 is 0. The smallest absolute Gasteiger partial charge is 0.295 e. The number of Topliss-reactive ketones (excluding diaryl/α,β-unsaturated/α-hetero) is 1. The van der Waals surface area contributed by atoms with Gasteiger partial charge in [-0.25, -0.2) is 0 Å². The van der Waals surface area contributed by atoms with Gasteiger partial charge in [0.05, 0.1) is 32.9 Å². The minimum Gasteiger partial charge on any atom is -0.507 e. The van der Waals surface area contributed by atoms with Crippen LogP contribution in [0.3, 0.4) is 0 Å². The Balaban J connectivity index is 1.94. The van der Waals surface area contributed by atoms with Crippen molar-refractivity contribution >= 4 is 17.4 Å². The van der Waals surface area contributed by atoms with E-state index in [4.69, 9.17) is 14.2 Å². The molecule has 35 heavy (non-hydrogen) atoms. The van der Waals surface area contributed by atoms with E-state index in [0.717, 1.165) is 11.1 Å². The highest BCUT2D eigenvalue weighted by Gasteiger charge is 2.47. The van der Waals surface area contributed by atoms with Crippen molar-refractivity contribution in [1.29, 1.82) is 0 Å². The second-order valence-corrected chi connectivity index (χ2v) is 8.08. The van der Waals surface area contributed by atoms with Gasteiger partial charge in [-0.3, -0.25) is 14.6 Å². The molecule has 1 aromatic heterocycles. The van der Waals surface area contributed by atoms with E-state index in [-0.39, 0.29) is 17.9 Å². The van der Waals surface area contributed by atoms with E-state index in [1.165, 1.54) is 19.1 Å². The van der Waals surface area contributed by atoms with Crippen molar-refractivity contribution in [2.75, 3.05) is 21.3 Å². The summed E-state index contributed by atoms with van der Waals surface area (Å²) in [6.45, 7) is 1.95. The van der Waals surface area contributed by atoms with Crippen molar-refractivity contribution in [3.63, 3.8) is 0 Å². The van der Waals surface area contributed by atoms with Crippen LogP contribution in [0.2, 0.25) is 0 Å². The van der Waals surface area contributed by atoms with Gasteiger partial charge in [0, 0.05) is 30.1 Å². The van der Waals surface area contributed by atoms with Crippen molar-refractivity contribution in [3.05, 3.63) is 88.8 Å². The first-order valence-corrected chi connectivity index (χ1v) is 10.9. The molecule has 1 saturated heterocycles. The molecule has 3 aromatic rings. The normalized spacial score (nSPS) is 16.9. The van der Waals surface area contributed by atoms with Crippen molar-refractivity contribution in [2.24, 2.45) is 0 Å². The Bertz CT molecular complexity index is 1300. The predicted molar refractivity (Wildman–Crippen MR) is 129 cm³/mol. The van der Waals surface area contributed by atoms with Crippen LogP contribution in [0, 0.1) is 6.92 Å². The van der Waals surface area contributed by atoms with Crippen LogP contribution >= 0.6 is 0 Å². The molecule has 2 aromatic carbocycles. The molecule has 0 spiro atoms. The average molecular weight is 475 g/mol. The quantitative estimate of drug-likeness (QED) is 0.314. The van der Waals surface area contributed by atoms with Crippen molar-refractivity contribution in [3.8, 4) is 17.2 Å². The van der Waals surface area contributed by atoms with Gasteiger partial charge < -0.3 is 24.2 Å². The third-order valence-corrected chi connectivity index (χ3v) is 6.02. The molecule has 1 atom stereocenters. The van der Waals surface area contributed by atoms with E-state index in [2.05, 4.69) is 4.98 Å². The largest absolute Gasteiger partial charge is 0.507 e. The molecule has 0 saturated carbocycles. The number of benzene rings is 2. The molecule has 1 fully saturated rings. The number of ether oxygens (including phenoxy) is 3. The monoisotopic (exact) mass is 474 g/mol. The van der Waals surface area contributed by atoms with Crippen LogP contribution in [0.25, 0.3) is 5.76 Å². The first-order chi connectivity index (χ1) is 16.9. The molecule has 1 aliphatic rings. The number of aliphatic hydroxyl groups excluding tert-OH is 1. The molecule has 0 radical (unpaired) electrons. The SMILES string of the molecule is COc1ccc(OC)c(C2/C(=C(\O)c3ccc(OC)c(C)c3)C(=O)C(=O)N2Cc2cccnc2)c1. The molecule has 1 amide bonds. The van der Waals surface area contributed by atoms with E-state index >= 15 is 0 Å². The molecular formula is C27H26N2O6. The summed E-state index contributed by atoms with van der Waals surface area (Å²) < 4.78 is 16.3. The highest BCUT2D eigenvalue weighted by Crippen LogP contribution is 2.44. The zero-order valence-electron chi connectivity index (χ0n) is 19.9. The van der Waals surface area contributed by atoms with E-state index in [9.17, 15) is 14.7 Å². The van der Waals surface area contributed by atoms with Crippen LogP contribution in [-0.2, 0) is 16.1 Å². The van der Waals surface area contributed by atoms with Gasteiger partial charge in [-0.05, 0) is 60.5 Å². The lowest BCUT2D eigenvalue weighted by atomic mass is 9.93. The van der Waals surface area contributed by atoms with E-state index in [0.29, 0.717) is 28.4 Å². The van der Waals surface area contributed by atoms with Gasteiger partial charge in [-0.1, -0.05) is 6.07 Å². The molecule has 8 heteroatoms. The Labute approximate surface area is 203 Å². The number of nitrogens with zero attached hydrogens (tertiary/aromatic N) is 2. The molecule has 8 nitrogen and oxygen atoms in total. The number of aromatic nitrogens is 1. The van der Waals surface area contributed by atoms with E-state index in [1.807, 2.05) is 13.0 Å². The number of amides is 1. The van der Waals surface area contributed by atoms with Crippen LogP contribution < -0.4 is 14.2 Å². The summed E-state index contributed by atoms with van der Waals surface area (Å²) in [6, 6.07) is 12.9. The van der Waals surface area contributed by atoms with Gasteiger partial charge in [0.2, 0.25) is 0 Å². The number of aliphatic hydroxyl groups is 1. The van der Waals surface area contributed by atoms with Gasteiger partial charge in [0.1, 0.15) is 23.0 Å². The summed E-state index contributed by atoms with van der Waals surface area (Å²) in [4.78, 5) is 32.2. The lowest BCUT2D eigenvalue weighted by Crippen LogP contribution is -2.29. The minimum atomic E-state index is -0.914. The Kier molecular flexibility index (Phi) is 6.73. The van der Waals surface area contributed by atoms with Gasteiger partial charge in [0.15, 0.2) is 0 Å². The molecular weight excluding hydrogens is 448 g/mol. The van der Waals surface area contributed by atoms with Crippen molar-refractivity contribution < 1.29 is 28.9 Å². The molecule has 2 heterocycles. The number of carbonyl (C=O) groups excluding carboxylic acids is 2. The maximum atomic E-state index is 13.3. The van der Waals surface area contributed by atoms with E-state index < -0.39 is 17.7 Å². The van der Waals surface area contributed by atoms with Crippen molar-refractivity contribution in [2.45, 2.75) is 19.5 Å². The Morgan fingerprint density at radius 2 is 1.74 bits per heavy atom. The lowest BCUT2D eigenvalue weighted by molar-refractivity contribution is -0.140. The van der Waals surface area contributed by atoms with Crippen molar-refractivity contribution in [1.82, 2.24) is 9.88 Å². The topological polar surface area (TPSA) is 98.2 Å². The number of hydrogen-bond acceptors (Lipinski definition) is 7. The molecule has 0 bridgehead atoms. The van der Waals surface area contributed by atoms with Gasteiger partial charge in [0.25, 0.3) is 11.7 Å². The molecule has 4 rings (SSSR count). The van der Waals surface area contributed by atoms with E-state index in [1.54, 1.807) is 62.0 Å². The maximum absolute atomic E-state index is 13.3. The predicted octanol–water partition coefficient (Wildman–Crippen LogP) is 4.04. The third kappa shape index (κ3) is 4.42. The second kappa shape index (κ2) is 9.89. The Hall–Kier alpha value is -4.33. The fourth-order valence-corrected chi connectivity index (χ4v) is 4.29. The van der Waals surface area contributed by atoms with Gasteiger partial charge in [-0.2, -0.15) is 0 Å². The number of carbonyl (C=O) groups is 2. The van der Waals surface area contributed by atoms with Crippen LogP contribution in [0.1, 0.15) is 28.3 Å². The molecule has 1 aliphatic heterocycles. The second-order valence-electron chi connectivity index (χ2n) is 8.08. The average Bonchev–Trinajstić information content (AvgIpc) is 3.13. The standard InChI is InChI=1S/C27H26N2O6/c1-16-12-18(7-9-21(16)34-3)25(30)23-24(20-13-19(33-2)8-10-22(20)35-4)29(27(32)26(23)31)15-17-6-5-11-28-14-17/h5-14,24,30H,15H2,1-4H3/b25-23+. The maximum Gasteiger partial charge on any atom is 0.295 e. The highest BCUT2D eigenvalue weighted by molar-refractivity contribution is 6.46. The Morgan fingerprint density at radius 3 is 2.37 bits per heavy atom. The number of pyridine rings is 1. The Morgan fingerprint density at radius 1 is 1.00 bits per heavy atom.